The average Bonchev–Trinajstić information content (AvgIpc) is 2.89. The van der Waals surface area contributed by atoms with Crippen LogP contribution >= 0.6 is 0 Å². The topological polar surface area (TPSA) is 56.3 Å². The molecular weight excluding hydrogens is 218 g/mol. The van der Waals surface area contributed by atoms with Crippen molar-refractivity contribution >= 4 is 0 Å². The minimum atomic E-state index is 0.0612. The molecule has 0 amide bonds. The normalized spacial score (nSPS) is 21.4. The summed E-state index contributed by atoms with van der Waals surface area (Å²) in [5.74, 6) is 0.578. The van der Waals surface area contributed by atoms with E-state index in [1.807, 2.05) is 0 Å². The summed E-state index contributed by atoms with van der Waals surface area (Å²) >= 11 is 0. The van der Waals surface area contributed by atoms with Gasteiger partial charge in [-0.3, -0.25) is 4.98 Å². The molecule has 1 aliphatic heterocycles. The standard InChI is InChI=1S/C12H19N3O2/c1-3-13-10(9-5-4-8-17-9)11-12(16-2)15-7-6-14-11/h6-7,9-10,13H,3-5,8H2,1-2H3. The fourth-order valence-corrected chi connectivity index (χ4v) is 2.20. The molecule has 1 N–H and O–H groups in total. The zero-order chi connectivity index (χ0) is 12.1. The Morgan fingerprint density at radius 2 is 2.35 bits per heavy atom. The average molecular weight is 237 g/mol. The van der Waals surface area contributed by atoms with Crippen LogP contribution in [0, 0.1) is 0 Å². The summed E-state index contributed by atoms with van der Waals surface area (Å²) in [5.41, 5.74) is 0.837. The zero-order valence-electron chi connectivity index (χ0n) is 10.3. The van der Waals surface area contributed by atoms with Gasteiger partial charge in [0.25, 0.3) is 0 Å². The lowest BCUT2D eigenvalue weighted by atomic mass is 10.0. The smallest absolute Gasteiger partial charge is 0.237 e. The summed E-state index contributed by atoms with van der Waals surface area (Å²) in [7, 11) is 1.62. The van der Waals surface area contributed by atoms with Crippen LogP contribution in [0.5, 0.6) is 5.88 Å². The number of aromatic nitrogens is 2. The molecule has 1 saturated heterocycles. The summed E-state index contributed by atoms with van der Waals surface area (Å²) in [6, 6.07) is 0.0612. The zero-order valence-corrected chi connectivity index (χ0v) is 10.3. The maximum Gasteiger partial charge on any atom is 0.237 e. The largest absolute Gasteiger partial charge is 0.480 e. The highest BCUT2D eigenvalue weighted by Gasteiger charge is 2.30. The van der Waals surface area contributed by atoms with Crippen LogP contribution in [0.4, 0.5) is 0 Å². The van der Waals surface area contributed by atoms with E-state index in [-0.39, 0.29) is 12.1 Å². The number of nitrogens with zero attached hydrogens (tertiary/aromatic N) is 2. The highest BCUT2D eigenvalue weighted by Crippen LogP contribution is 2.29. The molecule has 1 aliphatic rings. The third kappa shape index (κ3) is 2.73. The maximum atomic E-state index is 5.74. The van der Waals surface area contributed by atoms with Crippen LogP contribution in [0.15, 0.2) is 12.4 Å². The second kappa shape index (κ2) is 5.93. The minimum absolute atomic E-state index is 0.0612. The molecule has 1 fully saturated rings. The van der Waals surface area contributed by atoms with Crippen molar-refractivity contribution in [3.05, 3.63) is 18.1 Å². The van der Waals surface area contributed by atoms with Gasteiger partial charge in [-0.25, -0.2) is 4.98 Å². The van der Waals surface area contributed by atoms with Crippen molar-refractivity contribution in [2.24, 2.45) is 0 Å². The van der Waals surface area contributed by atoms with E-state index in [1.54, 1.807) is 19.5 Å². The quantitative estimate of drug-likeness (QED) is 0.837. The van der Waals surface area contributed by atoms with Crippen molar-refractivity contribution in [2.45, 2.75) is 31.9 Å². The molecule has 0 aliphatic carbocycles. The predicted molar refractivity (Wildman–Crippen MR) is 64.0 cm³/mol. The van der Waals surface area contributed by atoms with Crippen LogP contribution in [0.25, 0.3) is 0 Å². The number of hydrogen-bond acceptors (Lipinski definition) is 5. The SMILES string of the molecule is CCNC(c1nccnc1OC)C1CCCO1. The van der Waals surface area contributed by atoms with E-state index >= 15 is 0 Å². The highest BCUT2D eigenvalue weighted by molar-refractivity contribution is 5.22. The van der Waals surface area contributed by atoms with Crippen LogP contribution in [-0.2, 0) is 4.74 Å². The number of ether oxygens (including phenoxy) is 2. The van der Waals surface area contributed by atoms with Crippen LogP contribution in [0.1, 0.15) is 31.5 Å². The molecule has 2 atom stereocenters. The Morgan fingerprint density at radius 1 is 1.53 bits per heavy atom. The molecule has 94 valence electrons. The van der Waals surface area contributed by atoms with Gasteiger partial charge in [-0.1, -0.05) is 6.92 Å². The lowest BCUT2D eigenvalue weighted by molar-refractivity contribution is 0.0763. The number of rotatable bonds is 5. The fourth-order valence-electron chi connectivity index (χ4n) is 2.20. The number of nitrogens with one attached hydrogen (secondary N) is 1. The molecule has 2 rings (SSSR count). The Balaban J connectivity index is 2.24. The Morgan fingerprint density at radius 3 is 3.00 bits per heavy atom. The first kappa shape index (κ1) is 12.3. The van der Waals surface area contributed by atoms with E-state index in [2.05, 4.69) is 22.2 Å². The first-order valence-electron chi connectivity index (χ1n) is 6.06. The van der Waals surface area contributed by atoms with Crippen molar-refractivity contribution in [2.75, 3.05) is 20.3 Å². The molecule has 17 heavy (non-hydrogen) atoms. The van der Waals surface area contributed by atoms with Gasteiger partial charge >= 0.3 is 0 Å². The monoisotopic (exact) mass is 237 g/mol. The second-order valence-corrected chi connectivity index (χ2v) is 4.04. The van der Waals surface area contributed by atoms with Crippen molar-refractivity contribution in [3.63, 3.8) is 0 Å². The van der Waals surface area contributed by atoms with Crippen molar-refractivity contribution in [1.29, 1.82) is 0 Å². The first-order chi connectivity index (χ1) is 8.36. The molecule has 1 aromatic heterocycles. The van der Waals surface area contributed by atoms with Gasteiger partial charge in [0.2, 0.25) is 5.88 Å². The minimum Gasteiger partial charge on any atom is -0.480 e. The molecule has 1 aromatic rings. The molecule has 5 heteroatoms. The van der Waals surface area contributed by atoms with E-state index in [4.69, 9.17) is 9.47 Å². The Bertz CT molecular complexity index is 353. The third-order valence-electron chi connectivity index (χ3n) is 2.94. The van der Waals surface area contributed by atoms with Crippen LogP contribution in [0.2, 0.25) is 0 Å². The molecule has 2 unspecified atom stereocenters. The summed E-state index contributed by atoms with van der Waals surface area (Å²) in [6.07, 6.45) is 5.66. The van der Waals surface area contributed by atoms with Gasteiger partial charge < -0.3 is 14.8 Å². The fraction of sp³-hybridized carbons (Fsp3) is 0.667. The van der Waals surface area contributed by atoms with Gasteiger partial charge in [0.15, 0.2) is 0 Å². The molecule has 0 bridgehead atoms. The molecule has 0 saturated carbocycles. The van der Waals surface area contributed by atoms with E-state index in [9.17, 15) is 0 Å². The maximum absolute atomic E-state index is 5.74. The molecular formula is C12H19N3O2. The molecule has 0 spiro atoms. The third-order valence-corrected chi connectivity index (χ3v) is 2.94. The predicted octanol–water partition coefficient (Wildman–Crippen LogP) is 1.31. The first-order valence-corrected chi connectivity index (χ1v) is 6.06. The Labute approximate surface area is 102 Å². The van der Waals surface area contributed by atoms with Crippen molar-refractivity contribution < 1.29 is 9.47 Å². The molecule has 2 heterocycles. The lowest BCUT2D eigenvalue weighted by Gasteiger charge is -2.23. The van der Waals surface area contributed by atoms with E-state index in [0.717, 1.165) is 31.7 Å². The summed E-state index contributed by atoms with van der Waals surface area (Å²) in [6.45, 7) is 3.77. The van der Waals surface area contributed by atoms with E-state index in [1.165, 1.54) is 0 Å². The summed E-state index contributed by atoms with van der Waals surface area (Å²) < 4.78 is 11.0. The second-order valence-electron chi connectivity index (χ2n) is 4.04. The number of methoxy groups -OCH3 is 1. The van der Waals surface area contributed by atoms with Crippen molar-refractivity contribution in [3.8, 4) is 5.88 Å². The van der Waals surface area contributed by atoms with Gasteiger partial charge in [-0.05, 0) is 19.4 Å². The number of hydrogen-bond donors (Lipinski definition) is 1. The lowest BCUT2D eigenvalue weighted by Crippen LogP contribution is -2.32. The van der Waals surface area contributed by atoms with E-state index < -0.39 is 0 Å². The van der Waals surface area contributed by atoms with Crippen LogP contribution in [-0.4, -0.2) is 36.3 Å². The van der Waals surface area contributed by atoms with Crippen molar-refractivity contribution in [1.82, 2.24) is 15.3 Å². The van der Waals surface area contributed by atoms with Gasteiger partial charge in [0.1, 0.15) is 5.69 Å². The van der Waals surface area contributed by atoms with Gasteiger partial charge in [-0.2, -0.15) is 0 Å². The van der Waals surface area contributed by atoms with Gasteiger partial charge in [-0.15, -0.1) is 0 Å². The summed E-state index contributed by atoms with van der Waals surface area (Å²) in [4.78, 5) is 8.57. The van der Waals surface area contributed by atoms with Gasteiger partial charge in [0.05, 0.1) is 19.3 Å². The Hall–Kier alpha value is -1.20. The molecule has 0 radical (unpaired) electrons. The Kier molecular flexibility index (Phi) is 4.28. The highest BCUT2D eigenvalue weighted by atomic mass is 16.5. The van der Waals surface area contributed by atoms with Crippen LogP contribution in [0.3, 0.4) is 0 Å². The van der Waals surface area contributed by atoms with Gasteiger partial charge in [0, 0.05) is 19.0 Å². The molecule has 5 nitrogen and oxygen atoms in total. The van der Waals surface area contributed by atoms with Crippen LogP contribution < -0.4 is 10.1 Å². The molecule has 0 aromatic carbocycles. The summed E-state index contributed by atoms with van der Waals surface area (Å²) in [5, 5.41) is 3.41. The number of likely N-dealkylation sites (N-methyl/N-ethyl adjacent to an activating group) is 1. The van der Waals surface area contributed by atoms with E-state index in [0.29, 0.717) is 5.88 Å².